The third kappa shape index (κ3) is 4.39. The number of ketones is 1. The summed E-state index contributed by atoms with van der Waals surface area (Å²) in [6, 6.07) is 2.23. The molecule has 0 heterocycles. The van der Waals surface area contributed by atoms with E-state index in [1.807, 2.05) is 0 Å². The van der Waals surface area contributed by atoms with Crippen LogP contribution in [0.1, 0.15) is 22.3 Å². The quantitative estimate of drug-likeness (QED) is 0.444. The largest absolute Gasteiger partial charge is 0.573 e. The molecule has 0 aromatic heterocycles. The fourth-order valence-electron chi connectivity index (χ4n) is 1.49. The average Bonchev–Trinajstić information content (AvgIpc) is 2.25. The molecule has 1 aromatic rings. The van der Waals surface area contributed by atoms with Gasteiger partial charge in [0, 0.05) is 17.3 Å². The Bertz CT molecular complexity index is 495. The first-order valence-corrected chi connectivity index (χ1v) is 6.23. The predicted molar refractivity (Wildman–Crippen MR) is 60.9 cm³/mol. The van der Waals surface area contributed by atoms with E-state index in [0.717, 1.165) is 12.1 Å². The maximum absolute atomic E-state index is 12.9. The van der Waals surface area contributed by atoms with Crippen LogP contribution >= 0.6 is 15.9 Å². The van der Waals surface area contributed by atoms with Crippen LogP contribution in [-0.2, 0) is 6.18 Å². The highest BCUT2D eigenvalue weighted by atomic mass is 79.9. The Labute approximate surface area is 117 Å². The molecule has 112 valence electrons. The maximum atomic E-state index is 12.9. The van der Waals surface area contributed by atoms with E-state index in [4.69, 9.17) is 0 Å². The summed E-state index contributed by atoms with van der Waals surface area (Å²) in [5.41, 5.74) is -2.57. The number of carbonyl (C=O) groups excluding carboxylic acids is 1. The Kier molecular flexibility index (Phi) is 5.06. The van der Waals surface area contributed by atoms with Gasteiger partial charge >= 0.3 is 12.5 Å². The van der Waals surface area contributed by atoms with Crippen LogP contribution in [0.25, 0.3) is 0 Å². The Morgan fingerprint density at radius 1 is 1.15 bits per heavy atom. The SMILES string of the molecule is O=C(CCBr)c1cccc(OC(F)(F)F)c1C(F)(F)F. The van der Waals surface area contributed by atoms with E-state index in [-0.39, 0.29) is 11.8 Å². The van der Waals surface area contributed by atoms with Crippen LogP contribution in [0.2, 0.25) is 0 Å². The molecule has 1 aromatic carbocycles. The normalized spacial score (nSPS) is 12.3. The molecule has 9 heteroatoms. The van der Waals surface area contributed by atoms with E-state index in [1.165, 1.54) is 0 Å². The molecule has 0 unspecified atom stereocenters. The van der Waals surface area contributed by atoms with E-state index in [9.17, 15) is 31.1 Å². The summed E-state index contributed by atoms with van der Waals surface area (Å²) >= 11 is 2.88. The molecule has 0 saturated carbocycles. The number of Topliss-reactive ketones (excluding diaryl/α,β-unsaturated/α-hetero) is 1. The topological polar surface area (TPSA) is 26.3 Å². The van der Waals surface area contributed by atoms with E-state index in [0.29, 0.717) is 6.07 Å². The lowest BCUT2D eigenvalue weighted by Gasteiger charge is -2.17. The van der Waals surface area contributed by atoms with Gasteiger partial charge in [0.2, 0.25) is 0 Å². The molecule has 0 aliphatic rings. The van der Waals surface area contributed by atoms with Crippen LogP contribution in [0, 0.1) is 0 Å². The highest BCUT2D eigenvalue weighted by Gasteiger charge is 2.42. The molecule has 0 bridgehead atoms. The van der Waals surface area contributed by atoms with E-state index >= 15 is 0 Å². The van der Waals surface area contributed by atoms with Gasteiger partial charge < -0.3 is 4.74 Å². The van der Waals surface area contributed by atoms with Gasteiger partial charge in [-0.15, -0.1) is 13.2 Å². The molecular formula is C11H7BrF6O2. The van der Waals surface area contributed by atoms with Gasteiger partial charge in [0.25, 0.3) is 0 Å². The molecule has 0 N–H and O–H groups in total. The van der Waals surface area contributed by atoms with Crippen molar-refractivity contribution in [2.24, 2.45) is 0 Å². The first kappa shape index (κ1) is 16.8. The molecule has 0 atom stereocenters. The van der Waals surface area contributed by atoms with E-state index in [2.05, 4.69) is 20.7 Å². The number of rotatable bonds is 4. The Balaban J connectivity index is 3.39. The van der Waals surface area contributed by atoms with Gasteiger partial charge in [0.05, 0.1) is 0 Å². The van der Waals surface area contributed by atoms with Crippen molar-refractivity contribution in [3.05, 3.63) is 29.3 Å². The average molecular weight is 365 g/mol. The molecule has 20 heavy (non-hydrogen) atoms. The molecule has 0 aliphatic heterocycles. The third-order valence-corrected chi connectivity index (χ3v) is 2.55. The molecule has 0 fully saturated rings. The third-order valence-electron chi connectivity index (χ3n) is 2.16. The van der Waals surface area contributed by atoms with Crippen LogP contribution in [0.15, 0.2) is 18.2 Å². The first-order valence-electron chi connectivity index (χ1n) is 5.11. The molecule has 0 aliphatic carbocycles. The number of halogens is 7. The van der Waals surface area contributed by atoms with Gasteiger partial charge in [-0.3, -0.25) is 4.79 Å². The van der Waals surface area contributed by atoms with Gasteiger partial charge in [-0.25, -0.2) is 0 Å². The molecule has 2 nitrogen and oxygen atoms in total. The summed E-state index contributed by atoms with van der Waals surface area (Å²) < 4.78 is 78.3. The summed E-state index contributed by atoms with van der Waals surface area (Å²) in [5.74, 6) is -2.37. The summed E-state index contributed by atoms with van der Waals surface area (Å²) in [6.45, 7) is 0. The minimum atomic E-state index is -5.28. The number of benzene rings is 1. The second-order valence-electron chi connectivity index (χ2n) is 3.59. The van der Waals surface area contributed by atoms with Crippen LogP contribution in [0.5, 0.6) is 5.75 Å². The first-order chi connectivity index (χ1) is 9.06. The Morgan fingerprint density at radius 3 is 2.20 bits per heavy atom. The van der Waals surface area contributed by atoms with Crippen molar-refractivity contribution in [3.63, 3.8) is 0 Å². The second-order valence-corrected chi connectivity index (χ2v) is 4.38. The van der Waals surface area contributed by atoms with Gasteiger partial charge in [0.1, 0.15) is 11.3 Å². The predicted octanol–water partition coefficient (Wildman–Crippen LogP) is 4.57. The number of alkyl halides is 7. The van der Waals surface area contributed by atoms with Crippen molar-refractivity contribution >= 4 is 21.7 Å². The summed E-state index contributed by atoms with van der Waals surface area (Å²) in [5, 5.41) is 0.0908. The smallest absolute Gasteiger partial charge is 0.405 e. The zero-order chi connectivity index (χ0) is 15.6. The summed E-state index contributed by atoms with van der Waals surface area (Å²) in [4.78, 5) is 11.6. The van der Waals surface area contributed by atoms with E-state index < -0.39 is 35.2 Å². The summed E-state index contributed by atoms with van der Waals surface area (Å²) in [6.07, 6.45) is -10.7. The number of hydrogen-bond acceptors (Lipinski definition) is 2. The lowest BCUT2D eigenvalue weighted by molar-refractivity contribution is -0.276. The van der Waals surface area contributed by atoms with Crippen molar-refractivity contribution in [1.82, 2.24) is 0 Å². The Hall–Kier alpha value is -1.25. The molecule has 0 amide bonds. The molecular weight excluding hydrogens is 358 g/mol. The number of carbonyl (C=O) groups is 1. The van der Waals surface area contributed by atoms with Crippen molar-refractivity contribution in [1.29, 1.82) is 0 Å². The fourth-order valence-corrected chi connectivity index (χ4v) is 1.85. The van der Waals surface area contributed by atoms with Crippen LogP contribution in [0.3, 0.4) is 0 Å². The van der Waals surface area contributed by atoms with Gasteiger partial charge in [-0.1, -0.05) is 28.1 Å². The fraction of sp³-hybridized carbons (Fsp3) is 0.364. The molecule has 0 saturated heterocycles. The zero-order valence-corrected chi connectivity index (χ0v) is 11.2. The Morgan fingerprint density at radius 2 is 1.75 bits per heavy atom. The lowest BCUT2D eigenvalue weighted by atomic mass is 10.0. The van der Waals surface area contributed by atoms with Crippen LogP contribution < -0.4 is 4.74 Å². The molecule has 1 rings (SSSR count). The molecule has 0 radical (unpaired) electrons. The number of ether oxygens (including phenoxy) is 1. The van der Waals surface area contributed by atoms with Gasteiger partial charge in [-0.2, -0.15) is 13.2 Å². The van der Waals surface area contributed by atoms with Crippen molar-refractivity contribution in [3.8, 4) is 5.75 Å². The lowest BCUT2D eigenvalue weighted by Crippen LogP contribution is -2.22. The standard InChI is InChI=1S/C11H7BrF6O2/c12-5-4-7(19)6-2-1-3-8(20-11(16,17)18)9(6)10(13,14)15/h1-3H,4-5H2. The highest BCUT2D eigenvalue weighted by Crippen LogP contribution is 2.41. The van der Waals surface area contributed by atoms with Crippen molar-refractivity contribution in [2.75, 3.05) is 5.33 Å². The zero-order valence-electron chi connectivity index (χ0n) is 9.61. The second kappa shape index (κ2) is 6.02. The van der Waals surface area contributed by atoms with Crippen LogP contribution in [-0.4, -0.2) is 17.5 Å². The minimum Gasteiger partial charge on any atom is -0.405 e. The highest BCUT2D eigenvalue weighted by molar-refractivity contribution is 9.09. The summed E-state index contributed by atoms with van der Waals surface area (Å²) in [7, 11) is 0. The monoisotopic (exact) mass is 364 g/mol. The van der Waals surface area contributed by atoms with Gasteiger partial charge in [0.15, 0.2) is 5.78 Å². The van der Waals surface area contributed by atoms with Crippen molar-refractivity contribution in [2.45, 2.75) is 19.0 Å². The van der Waals surface area contributed by atoms with Crippen LogP contribution in [0.4, 0.5) is 26.3 Å². The molecule has 0 spiro atoms. The van der Waals surface area contributed by atoms with Gasteiger partial charge in [-0.05, 0) is 6.07 Å². The number of hydrogen-bond donors (Lipinski definition) is 0. The van der Waals surface area contributed by atoms with Crippen molar-refractivity contribution < 1.29 is 35.9 Å². The minimum absolute atomic E-state index is 0.0908. The maximum Gasteiger partial charge on any atom is 0.573 e. The van der Waals surface area contributed by atoms with E-state index in [1.54, 1.807) is 0 Å².